The molecule has 0 radical (unpaired) electrons. The van der Waals surface area contributed by atoms with Crippen LogP contribution in [0.4, 0.5) is 0 Å². The average Bonchev–Trinajstić information content (AvgIpc) is 1.36. The number of rotatable bonds is 0. The van der Waals surface area contributed by atoms with Crippen LogP contribution in [0.3, 0.4) is 0 Å². The molecule has 0 spiro atoms. The molecule has 0 atom stereocenters. The Hall–Kier alpha value is 0.589. The van der Waals surface area contributed by atoms with Gasteiger partial charge in [-0.2, -0.15) is 7.82 Å². The predicted molar refractivity (Wildman–Crippen MR) is 9.83 cm³/mol. The van der Waals surface area contributed by atoms with Gasteiger partial charge < -0.3 is 19.2 Å². The van der Waals surface area contributed by atoms with Crippen LogP contribution in [0, 0.1) is 0 Å². The van der Waals surface area contributed by atoms with Crippen molar-refractivity contribution in [3.8, 4) is 0 Å². The molecule has 0 aliphatic heterocycles. The Balaban J connectivity index is 0. The molecule has 0 aromatic rings. The summed E-state index contributed by atoms with van der Waals surface area (Å²) in [6.07, 6.45) is 0. The van der Waals surface area contributed by atoms with Crippen LogP contribution in [-0.2, 0) is 20.9 Å². The maximum absolute atomic E-state index is 8.55. The summed E-state index contributed by atoms with van der Waals surface area (Å²) in [5.74, 6) is 0. The van der Waals surface area contributed by atoms with Crippen LogP contribution in [-0.4, -0.2) is 4.19 Å². The van der Waals surface area contributed by atoms with Crippen LogP contribution >= 0.6 is 7.82 Å². The van der Waals surface area contributed by atoms with Crippen LogP contribution in [0.25, 0.3) is 0 Å². The van der Waals surface area contributed by atoms with Crippen LogP contribution in [0.2, 0.25) is 0 Å². The summed E-state index contributed by atoms with van der Waals surface area (Å²) in [4.78, 5) is 25.6. The molecule has 0 heterocycles. The zero-order valence-electron chi connectivity index (χ0n) is 2.88. The van der Waals surface area contributed by atoms with Gasteiger partial charge in [-0.1, -0.05) is 0 Å². The van der Waals surface area contributed by atoms with E-state index < -0.39 is 7.82 Å². The molecule has 7 heavy (non-hydrogen) atoms. The van der Waals surface area contributed by atoms with E-state index in [1.807, 2.05) is 0 Å². The van der Waals surface area contributed by atoms with Crippen molar-refractivity contribution in [2.75, 3.05) is 0 Å². The van der Waals surface area contributed by atoms with Crippen molar-refractivity contribution in [3.05, 3.63) is 0 Å². The second-order valence-corrected chi connectivity index (χ2v) is 1.34. The summed E-state index contributed by atoms with van der Waals surface area (Å²) in [7, 11) is -5.39. The quantitative estimate of drug-likeness (QED) is 0.299. The van der Waals surface area contributed by atoms with Gasteiger partial charge in [0.25, 0.3) is 0 Å². The molecular formula is HFeO5P. The molecule has 0 saturated carbocycles. The molecule has 0 rings (SSSR count). The molecule has 5 nitrogen and oxygen atoms in total. The Bertz CT molecular complexity index is 54.2. The normalized spacial score (nSPS) is 9.14. The van der Waals surface area contributed by atoms with Crippen molar-refractivity contribution in [1.82, 2.24) is 0 Å². The van der Waals surface area contributed by atoms with E-state index in [1.54, 1.807) is 0 Å². The third-order valence-electron chi connectivity index (χ3n) is 0. The molecule has 0 amide bonds. The molecule has 0 fully saturated rings. The molecule has 0 unspecified atom stereocenters. The number of hydrogen-bond acceptors (Lipinski definition) is 5. The van der Waals surface area contributed by atoms with Crippen molar-refractivity contribution in [3.63, 3.8) is 0 Å². The Morgan fingerprint density at radius 2 is 1.29 bits per heavy atom. The van der Waals surface area contributed by atoms with Crippen molar-refractivity contribution in [2.24, 2.45) is 0 Å². The third-order valence-corrected chi connectivity index (χ3v) is 0. The van der Waals surface area contributed by atoms with Crippen LogP contribution in [0.15, 0.2) is 0 Å². The molecule has 7 heteroatoms. The summed E-state index contributed by atoms with van der Waals surface area (Å²) in [6, 6.07) is 0. The van der Waals surface area contributed by atoms with E-state index in [4.69, 9.17) is 23.4 Å². The van der Waals surface area contributed by atoms with E-state index in [1.165, 1.54) is 0 Å². The SMILES string of the molecule is O=P([O-])([O-])[O-].[OH][Fe+3]. The minimum absolute atomic E-state index is 2.25. The zero-order chi connectivity index (χ0) is 6.50. The molecule has 1 N–H and O–H groups in total. The number of phosphoric acid groups is 1. The van der Waals surface area contributed by atoms with Crippen LogP contribution in [0.1, 0.15) is 0 Å². The topological polar surface area (TPSA) is 106 Å². The molecule has 0 aliphatic rings. The fourth-order valence-electron chi connectivity index (χ4n) is 0. The molecular weight excluding hydrogens is 167 g/mol. The summed E-state index contributed by atoms with van der Waals surface area (Å²) in [5.41, 5.74) is 0. The molecule has 44 valence electrons. The van der Waals surface area contributed by atoms with Crippen molar-refractivity contribution >= 4 is 7.82 Å². The first kappa shape index (κ1) is 10.5. The van der Waals surface area contributed by atoms with Gasteiger partial charge in [-0.05, 0) is 0 Å². The second kappa shape index (κ2) is 4.74. The van der Waals surface area contributed by atoms with E-state index in [-0.39, 0.29) is 0 Å². The molecule has 0 bridgehead atoms. The van der Waals surface area contributed by atoms with Gasteiger partial charge in [0.2, 0.25) is 0 Å². The van der Waals surface area contributed by atoms with E-state index >= 15 is 0 Å². The third kappa shape index (κ3) is 399. The number of hydrogen-bond donors (Lipinski definition) is 1. The Labute approximate surface area is 48.4 Å². The first-order chi connectivity index (χ1) is 3.00. The second-order valence-electron chi connectivity index (χ2n) is 0.447. The van der Waals surface area contributed by atoms with Crippen molar-refractivity contribution < 1.29 is 39.8 Å². The standard InChI is InChI=1S/Fe.H3O4P.H2O/c;1-5(2,3)4;/h;(H3,1,2,3,4);1H2/q+4;;/p-4. The molecule has 0 aromatic carbocycles. The molecule has 0 aromatic heterocycles. The first-order valence-corrected chi connectivity index (χ1v) is 2.84. The van der Waals surface area contributed by atoms with E-state index in [2.05, 4.69) is 16.3 Å². The van der Waals surface area contributed by atoms with Gasteiger partial charge in [0, 0.05) is 0 Å². The van der Waals surface area contributed by atoms with Gasteiger partial charge in [-0.15, -0.1) is 0 Å². The molecule has 0 aliphatic carbocycles. The van der Waals surface area contributed by atoms with Gasteiger partial charge in [-0.3, -0.25) is 0 Å². The van der Waals surface area contributed by atoms with Crippen molar-refractivity contribution in [2.45, 2.75) is 0 Å². The molecule has 0 saturated heterocycles. The van der Waals surface area contributed by atoms with Gasteiger partial charge in [0.15, 0.2) is 0 Å². The first-order valence-electron chi connectivity index (χ1n) is 0.888. The van der Waals surface area contributed by atoms with Gasteiger partial charge in [0.1, 0.15) is 0 Å². The van der Waals surface area contributed by atoms with Gasteiger partial charge >= 0.3 is 20.5 Å². The predicted octanol–water partition coefficient (Wildman–Crippen LogP) is -3.38. The fourth-order valence-corrected chi connectivity index (χ4v) is 0. The summed E-state index contributed by atoms with van der Waals surface area (Å²) in [5, 5.41) is 0. The Kier molecular flexibility index (Phi) is 7.14. The summed E-state index contributed by atoms with van der Waals surface area (Å²) >= 11 is 2.25. The van der Waals surface area contributed by atoms with Gasteiger partial charge in [-0.25, -0.2) is 0 Å². The zero-order valence-corrected chi connectivity index (χ0v) is 4.88. The van der Waals surface area contributed by atoms with E-state index in [9.17, 15) is 0 Å². The van der Waals surface area contributed by atoms with Crippen LogP contribution < -0.4 is 14.7 Å². The average molecular weight is 168 g/mol. The maximum atomic E-state index is 8.55. The van der Waals surface area contributed by atoms with Crippen LogP contribution in [0.5, 0.6) is 0 Å². The van der Waals surface area contributed by atoms with Crippen molar-refractivity contribution in [1.29, 1.82) is 0 Å². The summed E-state index contributed by atoms with van der Waals surface area (Å²) in [6.45, 7) is 0. The summed E-state index contributed by atoms with van der Waals surface area (Å²) < 4.78 is 15.3. The van der Waals surface area contributed by atoms with Gasteiger partial charge in [0.05, 0.1) is 0 Å². The monoisotopic (exact) mass is 168 g/mol. The fraction of sp³-hybridized carbons (Fsp3) is 0. The van der Waals surface area contributed by atoms with E-state index in [0.29, 0.717) is 0 Å². The van der Waals surface area contributed by atoms with E-state index in [0.717, 1.165) is 0 Å². The minimum atomic E-state index is -5.39. The Morgan fingerprint density at radius 1 is 1.29 bits per heavy atom. The Morgan fingerprint density at radius 3 is 1.29 bits per heavy atom.